The summed E-state index contributed by atoms with van der Waals surface area (Å²) in [6.07, 6.45) is 0.431. The lowest BCUT2D eigenvalue weighted by atomic mass is 10.2. The molecule has 0 radical (unpaired) electrons. The van der Waals surface area contributed by atoms with E-state index in [4.69, 9.17) is 5.26 Å². The third kappa shape index (κ3) is 4.55. The Balaban J connectivity index is 2.57. The minimum Gasteiger partial charge on any atom is -0.325 e. The van der Waals surface area contributed by atoms with Crippen LogP contribution >= 0.6 is 15.9 Å². The van der Waals surface area contributed by atoms with E-state index in [1.54, 1.807) is 18.2 Å². The molecule has 0 unspecified atom stereocenters. The molecular weight excluding hydrogens is 282 g/mol. The highest BCUT2D eigenvalue weighted by atomic mass is 79.9. The lowest BCUT2D eigenvalue weighted by Gasteiger charge is -2.07. The van der Waals surface area contributed by atoms with Crippen molar-refractivity contribution in [2.75, 3.05) is 18.4 Å². The van der Waals surface area contributed by atoms with E-state index in [9.17, 15) is 4.79 Å². The molecule has 5 heteroatoms. The Morgan fingerprint density at radius 2 is 2.29 bits per heavy atom. The first-order chi connectivity index (χ1) is 8.17. The van der Waals surface area contributed by atoms with Crippen molar-refractivity contribution < 1.29 is 4.79 Å². The lowest BCUT2D eigenvalue weighted by Crippen LogP contribution is -2.21. The summed E-state index contributed by atoms with van der Waals surface area (Å²) >= 11 is 3.32. The Bertz CT molecular complexity index is 440. The summed E-state index contributed by atoms with van der Waals surface area (Å²) < 4.78 is 0.716. The first-order valence-electron chi connectivity index (χ1n) is 5.37. The smallest absolute Gasteiger partial charge is 0.225 e. The van der Waals surface area contributed by atoms with Crippen molar-refractivity contribution in [1.29, 1.82) is 5.26 Å². The fourth-order valence-corrected chi connectivity index (χ4v) is 1.76. The van der Waals surface area contributed by atoms with Crippen LogP contribution in [0.15, 0.2) is 22.7 Å². The molecular formula is C12H14BrN3O. The van der Waals surface area contributed by atoms with E-state index in [1.807, 2.05) is 13.0 Å². The number of amides is 1. The SMILES string of the molecule is CCNCCC(=O)Nc1ccc(C#N)cc1Br. The van der Waals surface area contributed by atoms with E-state index < -0.39 is 0 Å². The predicted molar refractivity (Wildman–Crippen MR) is 70.6 cm³/mol. The van der Waals surface area contributed by atoms with Gasteiger partial charge in [-0.15, -0.1) is 0 Å². The number of nitrogens with zero attached hydrogens (tertiary/aromatic N) is 1. The standard InChI is InChI=1S/C12H14BrN3O/c1-2-15-6-5-12(17)16-11-4-3-9(8-14)7-10(11)13/h3-4,7,15H,2,5-6H2,1H3,(H,16,17). The number of carbonyl (C=O) groups excluding carboxylic acids is 1. The Labute approximate surface area is 109 Å². The molecule has 2 N–H and O–H groups in total. The Hall–Kier alpha value is -1.38. The fraction of sp³-hybridized carbons (Fsp3) is 0.333. The van der Waals surface area contributed by atoms with Crippen molar-refractivity contribution >= 4 is 27.5 Å². The molecule has 0 spiro atoms. The highest BCUT2D eigenvalue weighted by Gasteiger charge is 2.05. The van der Waals surface area contributed by atoms with Crippen molar-refractivity contribution in [3.63, 3.8) is 0 Å². The minimum atomic E-state index is -0.0450. The molecule has 0 aliphatic carbocycles. The average Bonchev–Trinajstić information content (AvgIpc) is 2.32. The van der Waals surface area contributed by atoms with Crippen LogP contribution in [0.2, 0.25) is 0 Å². The second-order valence-corrected chi connectivity index (χ2v) is 4.31. The maximum atomic E-state index is 11.6. The quantitative estimate of drug-likeness (QED) is 0.819. The zero-order valence-corrected chi connectivity index (χ0v) is 11.2. The lowest BCUT2D eigenvalue weighted by molar-refractivity contribution is -0.116. The molecule has 1 aromatic rings. The Morgan fingerprint density at radius 1 is 1.53 bits per heavy atom. The first-order valence-corrected chi connectivity index (χ1v) is 6.17. The highest BCUT2D eigenvalue weighted by molar-refractivity contribution is 9.10. The average molecular weight is 296 g/mol. The van der Waals surface area contributed by atoms with Crippen molar-refractivity contribution in [1.82, 2.24) is 5.32 Å². The molecule has 1 rings (SSSR count). The van der Waals surface area contributed by atoms with Crippen LogP contribution in [-0.4, -0.2) is 19.0 Å². The third-order valence-electron chi connectivity index (χ3n) is 2.15. The van der Waals surface area contributed by atoms with Gasteiger partial charge in [0.15, 0.2) is 0 Å². The predicted octanol–water partition coefficient (Wildman–Crippen LogP) is 2.26. The number of carbonyl (C=O) groups is 1. The molecule has 0 atom stereocenters. The number of nitrogens with one attached hydrogen (secondary N) is 2. The summed E-state index contributed by atoms with van der Waals surface area (Å²) in [5, 5.41) is 14.6. The maximum Gasteiger partial charge on any atom is 0.225 e. The van der Waals surface area contributed by atoms with E-state index >= 15 is 0 Å². The van der Waals surface area contributed by atoms with Crippen LogP contribution in [0.1, 0.15) is 18.9 Å². The molecule has 17 heavy (non-hydrogen) atoms. The van der Waals surface area contributed by atoms with E-state index in [-0.39, 0.29) is 5.91 Å². The van der Waals surface area contributed by atoms with Gasteiger partial charge >= 0.3 is 0 Å². The van der Waals surface area contributed by atoms with Crippen molar-refractivity contribution in [3.8, 4) is 6.07 Å². The Kier molecular flexibility index (Phi) is 5.67. The molecule has 0 aromatic heterocycles. The topological polar surface area (TPSA) is 64.9 Å². The summed E-state index contributed by atoms with van der Waals surface area (Å²) in [4.78, 5) is 11.6. The van der Waals surface area contributed by atoms with Gasteiger partial charge in [0.2, 0.25) is 5.91 Å². The van der Waals surface area contributed by atoms with E-state index in [1.165, 1.54) is 0 Å². The number of hydrogen-bond donors (Lipinski definition) is 2. The minimum absolute atomic E-state index is 0.0450. The van der Waals surface area contributed by atoms with Gasteiger partial charge < -0.3 is 10.6 Å². The monoisotopic (exact) mass is 295 g/mol. The second kappa shape index (κ2) is 7.05. The van der Waals surface area contributed by atoms with Crippen LogP contribution in [0, 0.1) is 11.3 Å². The van der Waals surface area contributed by atoms with Gasteiger partial charge in [0.05, 0.1) is 17.3 Å². The first kappa shape index (κ1) is 13.7. The number of benzene rings is 1. The van der Waals surface area contributed by atoms with Crippen LogP contribution in [0.5, 0.6) is 0 Å². The van der Waals surface area contributed by atoms with Gasteiger partial charge in [0.25, 0.3) is 0 Å². The van der Waals surface area contributed by atoms with Crippen LogP contribution in [0.3, 0.4) is 0 Å². The normalized spacial score (nSPS) is 9.71. The van der Waals surface area contributed by atoms with E-state index in [0.29, 0.717) is 28.7 Å². The van der Waals surface area contributed by atoms with Gasteiger partial charge in [-0.25, -0.2) is 0 Å². The zero-order valence-electron chi connectivity index (χ0n) is 9.59. The van der Waals surface area contributed by atoms with Gasteiger partial charge in [-0.2, -0.15) is 5.26 Å². The largest absolute Gasteiger partial charge is 0.325 e. The van der Waals surface area contributed by atoms with Crippen molar-refractivity contribution in [2.45, 2.75) is 13.3 Å². The van der Waals surface area contributed by atoms with Crippen LogP contribution in [-0.2, 0) is 4.79 Å². The molecule has 0 aliphatic heterocycles. The molecule has 90 valence electrons. The number of nitriles is 1. The molecule has 0 aliphatic rings. The number of anilines is 1. The van der Waals surface area contributed by atoms with Crippen molar-refractivity contribution in [3.05, 3.63) is 28.2 Å². The third-order valence-corrected chi connectivity index (χ3v) is 2.81. The van der Waals surface area contributed by atoms with E-state index in [0.717, 1.165) is 6.54 Å². The molecule has 4 nitrogen and oxygen atoms in total. The fourth-order valence-electron chi connectivity index (χ4n) is 1.28. The maximum absolute atomic E-state index is 11.6. The summed E-state index contributed by atoms with van der Waals surface area (Å²) in [6, 6.07) is 7.11. The van der Waals surface area contributed by atoms with Crippen molar-refractivity contribution in [2.24, 2.45) is 0 Å². The number of halogens is 1. The van der Waals surface area contributed by atoms with Gasteiger partial charge in [-0.3, -0.25) is 4.79 Å². The molecule has 0 fully saturated rings. The van der Waals surface area contributed by atoms with Crippen LogP contribution in [0.25, 0.3) is 0 Å². The molecule has 0 saturated heterocycles. The summed E-state index contributed by atoms with van der Waals surface area (Å²) in [5.41, 5.74) is 1.24. The summed E-state index contributed by atoms with van der Waals surface area (Å²) in [6.45, 7) is 3.51. The number of rotatable bonds is 5. The van der Waals surface area contributed by atoms with Gasteiger partial charge in [-0.05, 0) is 40.7 Å². The van der Waals surface area contributed by atoms with Gasteiger partial charge in [0, 0.05) is 17.4 Å². The van der Waals surface area contributed by atoms with Crippen LogP contribution in [0.4, 0.5) is 5.69 Å². The summed E-state index contributed by atoms with van der Waals surface area (Å²) in [5.74, 6) is -0.0450. The molecule has 1 amide bonds. The molecule has 0 heterocycles. The van der Waals surface area contributed by atoms with E-state index in [2.05, 4.69) is 26.6 Å². The number of hydrogen-bond acceptors (Lipinski definition) is 3. The van der Waals surface area contributed by atoms with Gasteiger partial charge in [-0.1, -0.05) is 6.92 Å². The Morgan fingerprint density at radius 3 is 2.88 bits per heavy atom. The van der Waals surface area contributed by atoms with Crippen LogP contribution < -0.4 is 10.6 Å². The molecule has 1 aromatic carbocycles. The summed E-state index contributed by atoms with van der Waals surface area (Å²) in [7, 11) is 0. The zero-order chi connectivity index (χ0) is 12.7. The molecule has 0 bridgehead atoms. The second-order valence-electron chi connectivity index (χ2n) is 3.46. The molecule has 0 saturated carbocycles. The van der Waals surface area contributed by atoms with Gasteiger partial charge in [0.1, 0.15) is 0 Å². The highest BCUT2D eigenvalue weighted by Crippen LogP contribution is 2.23.